The topological polar surface area (TPSA) is 87.9 Å². The van der Waals surface area contributed by atoms with Crippen LogP contribution >= 0.6 is 0 Å². The van der Waals surface area contributed by atoms with Gasteiger partial charge in [0.25, 0.3) is 5.91 Å². The number of aromatic amines is 1. The predicted octanol–water partition coefficient (Wildman–Crippen LogP) is 3.09. The summed E-state index contributed by atoms with van der Waals surface area (Å²) in [6.45, 7) is 5.13. The molecule has 7 heteroatoms. The lowest BCUT2D eigenvalue weighted by Gasteiger charge is -2.28. The molecule has 0 bridgehead atoms. The molecule has 2 aromatic heterocycles. The van der Waals surface area contributed by atoms with Crippen LogP contribution in [0.4, 0.5) is 0 Å². The molecule has 1 saturated heterocycles. The van der Waals surface area contributed by atoms with Gasteiger partial charge in [0, 0.05) is 24.9 Å². The Morgan fingerprint density at radius 2 is 2.04 bits per heavy atom. The third-order valence-electron chi connectivity index (χ3n) is 6.57. The molecule has 2 saturated carbocycles. The van der Waals surface area contributed by atoms with Gasteiger partial charge in [-0.3, -0.25) is 9.89 Å². The highest BCUT2D eigenvalue weighted by Gasteiger charge is 2.51. The van der Waals surface area contributed by atoms with Gasteiger partial charge in [0.2, 0.25) is 0 Å². The van der Waals surface area contributed by atoms with Crippen molar-refractivity contribution in [2.24, 2.45) is 5.41 Å². The Bertz CT molecular complexity index is 824. The molecule has 7 nitrogen and oxygen atoms in total. The van der Waals surface area contributed by atoms with E-state index in [1.807, 2.05) is 18.7 Å². The number of rotatable bonds is 3. The first-order chi connectivity index (χ1) is 12.6. The van der Waals surface area contributed by atoms with Crippen molar-refractivity contribution in [3.63, 3.8) is 0 Å². The van der Waals surface area contributed by atoms with Crippen LogP contribution in [0.3, 0.4) is 0 Å². The molecular weight excluding hydrogens is 330 g/mol. The van der Waals surface area contributed by atoms with Crippen molar-refractivity contribution < 1.29 is 9.32 Å². The molecule has 1 unspecified atom stereocenters. The van der Waals surface area contributed by atoms with Crippen LogP contribution in [-0.4, -0.2) is 44.2 Å². The molecule has 0 aromatic carbocycles. The summed E-state index contributed by atoms with van der Waals surface area (Å²) in [4.78, 5) is 20.0. The number of likely N-dealkylation sites (tertiary alicyclic amines) is 1. The number of carbonyl (C=O) groups is 1. The highest BCUT2D eigenvalue weighted by Crippen LogP contribution is 2.53. The van der Waals surface area contributed by atoms with E-state index in [0.29, 0.717) is 29.5 Å². The quantitative estimate of drug-likeness (QED) is 0.914. The second kappa shape index (κ2) is 5.66. The Balaban J connectivity index is 1.46. The van der Waals surface area contributed by atoms with E-state index in [4.69, 9.17) is 9.51 Å². The molecule has 26 heavy (non-hydrogen) atoms. The van der Waals surface area contributed by atoms with Crippen LogP contribution in [0.2, 0.25) is 0 Å². The second-order valence-electron chi connectivity index (χ2n) is 8.36. The predicted molar refractivity (Wildman–Crippen MR) is 93.9 cm³/mol. The maximum Gasteiger partial charge on any atom is 0.259 e. The Hall–Kier alpha value is -2.18. The SMILES string of the molecule is Cc1noc(C)c1C(=O)N1CC(c2nc(C3CC3)n[nH]2)C2(CCCC2)C1. The average molecular weight is 355 g/mol. The molecule has 3 heterocycles. The minimum atomic E-state index is 0.0388. The largest absolute Gasteiger partial charge is 0.361 e. The van der Waals surface area contributed by atoms with Gasteiger partial charge in [0.1, 0.15) is 17.1 Å². The van der Waals surface area contributed by atoms with Crippen molar-refractivity contribution in [1.82, 2.24) is 25.2 Å². The minimum absolute atomic E-state index is 0.0388. The van der Waals surface area contributed by atoms with Crippen LogP contribution in [-0.2, 0) is 0 Å². The Labute approximate surface area is 152 Å². The zero-order valence-electron chi connectivity index (χ0n) is 15.4. The third kappa shape index (κ3) is 2.40. The smallest absolute Gasteiger partial charge is 0.259 e. The van der Waals surface area contributed by atoms with E-state index in [1.165, 1.54) is 25.7 Å². The highest BCUT2D eigenvalue weighted by molar-refractivity contribution is 5.96. The zero-order chi connectivity index (χ0) is 17.9. The summed E-state index contributed by atoms with van der Waals surface area (Å²) in [6, 6.07) is 0. The fraction of sp³-hybridized carbons (Fsp3) is 0.684. The van der Waals surface area contributed by atoms with Crippen LogP contribution in [0, 0.1) is 19.3 Å². The summed E-state index contributed by atoms with van der Waals surface area (Å²) in [6.07, 6.45) is 7.17. The maximum absolute atomic E-state index is 13.2. The van der Waals surface area contributed by atoms with Gasteiger partial charge < -0.3 is 9.42 Å². The summed E-state index contributed by atoms with van der Waals surface area (Å²) in [5.74, 6) is 3.37. The monoisotopic (exact) mass is 355 g/mol. The van der Waals surface area contributed by atoms with Crippen molar-refractivity contribution in [1.29, 1.82) is 0 Å². The summed E-state index contributed by atoms with van der Waals surface area (Å²) in [5, 5.41) is 11.6. The van der Waals surface area contributed by atoms with E-state index in [-0.39, 0.29) is 17.2 Å². The van der Waals surface area contributed by atoms with Crippen molar-refractivity contribution in [2.75, 3.05) is 13.1 Å². The highest BCUT2D eigenvalue weighted by atomic mass is 16.5. The summed E-state index contributed by atoms with van der Waals surface area (Å²) in [5.41, 5.74) is 1.43. The maximum atomic E-state index is 13.2. The van der Waals surface area contributed by atoms with Gasteiger partial charge in [0.05, 0.1) is 5.69 Å². The lowest BCUT2D eigenvalue weighted by atomic mass is 9.76. The van der Waals surface area contributed by atoms with Crippen molar-refractivity contribution in [3.8, 4) is 0 Å². The molecule has 3 aliphatic rings. The molecule has 1 spiro atoms. The van der Waals surface area contributed by atoms with E-state index >= 15 is 0 Å². The third-order valence-corrected chi connectivity index (χ3v) is 6.57. The number of hydrogen-bond donors (Lipinski definition) is 1. The molecule has 0 radical (unpaired) electrons. The van der Waals surface area contributed by atoms with Crippen molar-refractivity contribution >= 4 is 5.91 Å². The lowest BCUT2D eigenvalue weighted by molar-refractivity contribution is 0.0771. The fourth-order valence-electron chi connectivity index (χ4n) is 5.00. The number of nitrogens with zero attached hydrogens (tertiary/aromatic N) is 4. The normalized spacial score (nSPS) is 24.7. The number of aromatic nitrogens is 4. The lowest BCUT2D eigenvalue weighted by Crippen LogP contribution is -2.31. The van der Waals surface area contributed by atoms with Crippen LogP contribution in [0.25, 0.3) is 0 Å². The summed E-state index contributed by atoms with van der Waals surface area (Å²) in [7, 11) is 0. The molecule has 1 amide bonds. The van der Waals surface area contributed by atoms with E-state index < -0.39 is 0 Å². The first-order valence-electron chi connectivity index (χ1n) is 9.72. The van der Waals surface area contributed by atoms with Crippen molar-refractivity contribution in [2.45, 2.75) is 64.2 Å². The molecule has 138 valence electrons. The number of nitrogens with one attached hydrogen (secondary N) is 1. The van der Waals surface area contributed by atoms with Gasteiger partial charge in [-0.15, -0.1) is 0 Å². The van der Waals surface area contributed by atoms with Gasteiger partial charge >= 0.3 is 0 Å². The Morgan fingerprint density at radius 3 is 2.69 bits per heavy atom. The standard InChI is InChI=1S/C19H25N5O2/c1-11-15(12(2)26-23-11)18(25)24-9-14(19(10-24)7-3-4-8-19)17-20-16(21-22-17)13-5-6-13/h13-14H,3-10H2,1-2H3,(H,20,21,22). The van der Waals surface area contributed by atoms with E-state index in [9.17, 15) is 4.79 Å². The molecule has 1 N–H and O–H groups in total. The van der Waals surface area contributed by atoms with Crippen molar-refractivity contribution in [3.05, 3.63) is 28.7 Å². The Morgan fingerprint density at radius 1 is 1.27 bits per heavy atom. The van der Waals surface area contributed by atoms with Gasteiger partial charge in [0.15, 0.2) is 5.82 Å². The van der Waals surface area contributed by atoms with Gasteiger partial charge in [-0.05, 0) is 44.9 Å². The molecule has 5 rings (SSSR count). The molecule has 2 aliphatic carbocycles. The number of aryl methyl sites for hydroxylation is 2. The average Bonchev–Trinajstić information content (AvgIpc) is 3.01. The Kier molecular flexibility index (Phi) is 3.49. The number of H-pyrrole nitrogens is 1. The molecule has 3 fully saturated rings. The summed E-state index contributed by atoms with van der Waals surface area (Å²) < 4.78 is 5.22. The minimum Gasteiger partial charge on any atom is -0.361 e. The zero-order valence-corrected chi connectivity index (χ0v) is 15.4. The van der Waals surface area contributed by atoms with Crippen LogP contribution in [0.1, 0.15) is 83.8 Å². The number of amides is 1. The van der Waals surface area contributed by atoms with E-state index in [1.54, 1.807) is 0 Å². The van der Waals surface area contributed by atoms with Crippen LogP contribution in [0.5, 0.6) is 0 Å². The second-order valence-corrected chi connectivity index (χ2v) is 8.36. The van der Waals surface area contributed by atoms with E-state index in [0.717, 1.165) is 31.0 Å². The van der Waals surface area contributed by atoms with Gasteiger partial charge in [-0.2, -0.15) is 5.10 Å². The first kappa shape index (κ1) is 16.0. The molecular formula is C19H25N5O2. The molecule has 1 atom stereocenters. The fourth-order valence-corrected chi connectivity index (χ4v) is 5.00. The van der Waals surface area contributed by atoms with E-state index in [2.05, 4.69) is 15.4 Å². The molecule has 2 aromatic rings. The summed E-state index contributed by atoms with van der Waals surface area (Å²) >= 11 is 0. The van der Waals surface area contributed by atoms with Crippen LogP contribution < -0.4 is 0 Å². The van der Waals surface area contributed by atoms with Gasteiger partial charge in [-0.25, -0.2) is 4.98 Å². The number of carbonyl (C=O) groups excluding carboxylic acids is 1. The van der Waals surface area contributed by atoms with Gasteiger partial charge in [-0.1, -0.05) is 18.0 Å². The van der Waals surface area contributed by atoms with Crippen LogP contribution in [0.15, 0.2) is 4.52 Å². The first-order valence-corrected chi connectivity index (χ1v) is 9.72. The molecule has 1 aliphatic heterocycles. The number of hydrogen-bond acceptors (Lipinski definition) is 5.